The summed E-state index contributed by atoms with van der Waals surface area (Å²) < 4.78 is 1.41. The molecule has 3 aromatic carbocycles. The van der Waals surface area contributed by atoms with Gasteiger partial charge in [-0.1, -0.05) is 70.8 Å². The molecule has 0 N–H and O–H groups in total. The molecule has 0 aliphatic carbocycles. The molecule has 4 nitrogen and oxygen atoms in total. The zero-order valence-electron chi connectivity index (χ0n) is 24.8. The summed E-state index contributed by atoms with van der Waals surface area (Å²) >= 11 is 0.535. The van der Waals surface area contributed by atoms with Crippen LogP contribution in [0.15, 0.2) is 157 Å². The summed E-state index contributed by atoms with van der Waals surface area (Å²) in [5.41, 5.74) is 7.64. The number of fused-ring (bicyclic) bond motifs is 1. The maximum absolute atomic E-state index is 4.33. The molecule has 0 fully saturated rings. The van der Waals surface area contributed by atoms with Crippen molar-refractivity contribution in [2.24, 2.45) is 0 Å². The Labute approximate surface area is 310 Å². The molecule has 232 valence electrons. The minimum absolute atomic E-state index is 0. The van der Waals surface area contributed by atoms with Gasteiger partial charge in [0.1, 0.15) is 0 Å². The second-order valence-electron chi connectivity index (χ2n) is 9.61. The number of rotatable bonds is 4. The van der Waals surface area contributed by atoms with Gasteiger partial charge in [-0.25, -0.2) is 0 Å². The van der Waals surface area contributed by atoms with Crippen LogP contribution < -0.4 is 0 Å². The maximum atomic E-state index is 4.33. The Morgan fingerprint density at radius 2 is 0.809 bits per heavy atom. The Balaban J connectivity index is 0.000000164. The molecule has 0 spiro atoms. The molecule has 5 aromatic heterocycles. The summed E-state index contributed by atoms with van der Waals surface area (Å²) in [6, 6.07) is 54.6. The fourth-order valence-electron chi connectivity index (χ4n) is 4.41. The first kappa shape index (κ1) is 35.7. The molecule has 0 amide bonds. The standard InChI is InChI=1S/2C16H11N2.C8H4Se.2Pt/c2*1-3-10-17-15(8-1)13-6-5-7-14(12-13)16-9-2-4-11-18-16;1-2-4-8-7(3-1)5-6-9-8;;/h2*1-11H;1-2,4,6H;;/q2*-1;-2;2*+2. The number of hydrogen-bond donors (Lipinski definition) is 0. The third-order valence-corrected chi connectivity index (χ3v) is 8.30. The number of benzene rings is 3. The van der Waals surface area contributed by atoms with Crippen molar-refractivity contribution in [3.8, 4) is 45.0 Å². The fourth-order valence-corrected chi connectivity index (χ4v) is 5.87. The van der Waals surface area contributed by atoms with Gasteiger partial charge >= 0.3 is 102 Å². The van der Waals surface area contributed by atoms with E-state index < -0.39 is 0 Å². The Morgan fingerprint density at radius 3 is 1.15 bits per heavy atom. The van der Waals surface area contributed by atoms with Crippen LogP contribution in [0.25, 0.3) is 54.7 Å². The average Bonchev–Trinajstić information content (AvgIpc) is 3.63. The molecule has 0 bridgehead atoms. The Bertz CT molecular complexity index is 1800. The average molecular weight is 1030 g/mol. The van der Waals surface area contributed by atoms with Crippen molar-refractivity contribution < 1.29 is 42.1 Å². The van der Waals surface area contributed by atoms with Crippen LogP contribution in [0.5, 0.6) is 0 Å². The van der Waals surface area contributed by atoms with Gasteiger partial charge in [-0.05, 0) is 24.3 Å². The van der Waals surface area contributed by atoms with E-state index in [2.05, 4.69) is 55.2 Å². The van der Waals surface area contributed by atoms with E-state index in [4.69, 9.17) is 0 Å². The first-order valence-electron chi connectivity index (χ1n) is 14.3. The molecule has 5 heterocycles. The summed E-state index contributed by atoms with van der Waals surface area (Å²) in [5.74, 6) is 0. The van der Waals surface area contributed by atoms with Crippen LogP contribution in [0.2, 0.25) is 0 Å². The molecule has 8 aromatic rings. The molecule has 0 atom stereocenters. The molecule has 0 saturated heterocycles. The van der Waals surface area contributed by atoms with E-state index in [1.54, 1.807) is 24.8 Å². The van der Waals surface area contributed by atoms with Crippen molar-refractivity contribution in [3.63, 3.8) is 0 Å². The van der Waals surface area contributed by atoms with Crippen LogP contribution in [0.1, 0.15) is 0 Å². The van der Waals surface area contributed by atoms with E-state index in [9.17, 15) is 0 Å². The van der Waals surface area contributed by atoms with E-state index >= 15 is 0 Å². The third kappa shape index (κ3) is 10.2. The second-order valence-corrected chi connectivity index (χ2v) is 11.5. The Kier molecular flexibility index (Phi) is 14.4. The van der Waals surface area contributed by atoms with Gasteiger partial charge in [0, 0.05) is 47.6 Å². The topological polar surface area (TPSA) is 51.6 Å². The van der Waals surface area contributed by atoms with Gasteiger partial charge in [-0.15, -0.1) is 48.5 Å². The van der Waals surface area contributed by atoms with Gasteiger partial charge in [0.2, 0.25) is 0 Å². The van der Waals surface area contributed by atoms with Crippen LogP contribution in [0.4, 0.5) is 0 Å². The Morgan fingerprint density at radius 1 is 0.404 bits per heavy atom. The summed E-state index contributed by atoms with van der Waals surface area (Å²) in [6.07, 6.45) is 7.15. The van der Waals surface area contributed by atoms with E-state index in [1.165, 1.54) is 4.26 Å². The van der Waals surface area contributed by atoms with E-state index in [0.717, 1.165) is 50.4 Å². The Hall–Kier alpha value is -4.10. The molecule has 0 unspecified atom stereocenters. The zero-order chi connectivity index (χ0) is 30.5. The van der Waals surface area contributed by atoms with Crippen molar-refractivity contribution in [2.75, 3.05) is 0 Å². The predicted octanol–water partition coefficient (Wildman–Crippen LogP) is 8.71. The number of aromatic nitrogens is 4. The van der Waals surface area contributed by atoms with Crippen LogP contribution in [0.3, 0.4) is 0 Å². The molecule has 0 radical (unpaired) electrons. The van der Waals surface area contributed by atoms with Gasteiger partial charge in [0.15, 0.2) is 0 Å². The number of nitrogens with zero attached hydrogens (tertiary/aromatic N) is 4. The van der Waals surface area contributed by atoms with Gasteiger partial charge in [0.05, 0.1) is 0 Å². The molecule has 0 saturated carbocycles. The summed E-state index contributed by atoms with van der Waals surface area (Å²) in [6.45, 7) is 0. The summed E-state index contributed by atoms with van der Waals surface area (Å²) in [7, 11) is 0. The summed E-state index contributed by atoms with van der Waals surface area (Å²) in [5, 5.41) is 1.16. The zero-order valence-corrected chi connectivity index (χ0v) is 31.1. The molecule has 0 aliphatic heterocycles. The first-order chi connectivity index (χ1) is 22.3. The van der Waals surface area contributed by atoms with Gasteiger partial charge in [-0.2, -0.15) is 0 Å². The molecular weight excluding hydrogens is 1010 g/mol. The first-order valence-corrected chi connectivity index (χ1v) is 16.1. The molecule has 0 aliphatic rings. The van der Waals surface area contributed by atoms with Gasteiger partial charge < -0.3 is 0 Å². The van der Waals surface area contributed by atoms with E-state index in [1.807, 2.05) is 121 Å². The molecule has 7 heteroatoms. The SMILES string of the molecule is [Pt+2].[Pt+2].[c-]1c(-c2ccccn2)cccc1-c1ccccn1.[c-]1c(-c2ccccn2)cccc1-c1ccccn1.[c-]1cccc2[se]c[c-]c12. The number of hydrogen-bond acceptors (Lipinski definition) is 4. The van der Waals surface area contributed by atoms with Crippen molar-refractivity contribution in [3.05, 3.63) is 181 Å². The quantitative estimate of drug-likeness (QED) is 0.131. The minimum atomic E-state index is 0. The van der Waals surface area contributed by atoms with Crippen LogP contribution >= 0.6 is 0 Å². The summed E-state index contributed by atoms with van der Waals surface area (Å²) in [4.78, 5) is 19.4. The molecular formula is C40H26N4Pt2Se. The van der Waals surface area contributed by atoms with Gasteiger partial charge in [0.25, 0.3) is 0 Å². The van der Waals surface area contributed by atoms with E-state index in [-0.39, 0.29) is 42.1 Å². The third-order valence-electron chi connectivity index (χ3n) is 6.56. The van der Waals surface area contributed by atoms with Crippen LogP contribution in [-0.2, 0) is 42.1 Å². The van der Waals surface area contributed by atoms with Crippen molar-refractivity contribution in [2.45, 2.75) is 0 Å². The van der Waals surface area contributed by atoms with Crippen LogP contribution in [-0.4, -0.2) is 34.4 Å². The second kappa shape index (κ2) is 18.9. The number of pyridine rings is 4. The van der Waals surface area contributed by atoms with Crippen LogP contribution in [0, 0.1) is 24.3 Å². The molecule has 8 rings (SSSR count). The fraction of sp³-hybridized carbons (Fsp3) is 0. The molecule has 47 heavy (non-hydrogen) atoms. The van der Waals surface area contributed by atoms with E-state index in [0.29, 0.717) is 14.5 Å². The van der Waals surface area contributed by atoms with Gasteiger partial charge in [-0.3, -0.25) is 19.9 Å². The van der Waals surface area contributed by atoms with Crippen molar-refractivity contribution in [1.82, 2.24) is 19.9 Å². The monoisotopic (exact) mass is 1030 g/mol. The van der Waals surface area contributed by atoms with Crippen molar-refractivity contribution in [1.29, 1.82) is 0 Å². The predicted molar refractivity (Wildman–Crippen MR) is 182 cm³/mol. The van der Waals surface area contributed by atoms with Crippen molar-refractivity contribution >= 4 is 24.1 Å². The normalized spacial score (nSPS) is 9.79.